The minimum absolute atomic E-state index is 0.110. The number of ether oxygens (including phenoxy) is 1. The lowest BCUT2D eigenvalue weighted by Crippen LogP contribution is -2.51. The summed E-state index contributed by atoms with van der Waals surface area (Å²) in [6.07, 6.45) is 5.79. The molecule has 116 valence electrons. The zero-order valence-corrected chi connectivity index (χ0v) is 12.7. The Morgan fingerprint density at radius 3 is 3.10 bits per heavy atom. The lowest BCUT2D eigenvalue weighted by Gasteiger charge is -2.37. The highest BCUT2D eigenvalue weighted by Crippen LogP contribution is 2.21. The number of carbonyl (C=O) groups excluding carboxylic acids is 1. The first-order chi connectivity index (χ1) is 9.81. The van der Waals surface area contributed by atoms with E-state index in [1.807, 2.05) is 0 Å². The Morgan fingerprint density at radius 2 is 2.25 bits per heavy atom. The first-order valence-electron chi connectivity index (χ1n) is 8.02. The van der Waals surface area contributed by atoms with Crippen molar-refractivity contribution in [1.82, 2.24) is 15.5 Å². The molecule has 20 heavy (non-hydrogen) atoms. The van der Waals surface area contributed by atoms with Crippen LogP contribution in [-0.2, 0) is 9.53 Å². The maximum absolute atomic E-state index is 12.1. The van der Waals surface area contributed by atoms with E-state index in [4.69, 9.17) is 4.74 Å². The van der Waals surface area contributed by atoms with E-state index in [1.54, 1.807) is 7.11 Å². The van der Waals surface area contributed by atoms with Gasteiger partial charge in [0.2, 0.25) is 5.91 Å². The van der Waals surface area contributed by atoms with Gasteiger partial charge >= 0.3 is 0 Å². The Kier molecular flexibility index (Phi) is 6.76. The number of methoxy groups -OCH3 is 1. The van der Waals surface area contributed by atoms with E-state index in [2.05, 4.69) is 15.5 Å². The van der Waals surface area contributed by atoms with Gasteiger partial charge in [0.15, 0.2) is 0 Å². The van der Waals surface area contributed by atoms with Crippen molar-refractivity contribution in [3.05, 3.63) is 0 Å². The van der Waals surface area contributed by atoms with Crippen molar-refractivity contribution in [1.29, 1.82) is 0 Å². The molecule has 0 bridgehead atoms. The molecule has 2 rings (SSSR count). The maximum Gasteiger partial charge on any atom is 0.237 e. The molecule has 2 unspecified atom stereocenters. The normalized spacial score (nSPS) is 28.9. The van der Waals surface area contributed by atoms with Gasteiger partial charge in [-0.15, -0.1) is 0 Å². The molecule has 2 saturated heterocycles. The van der Waals surface area contributed by atoms with Gasteiger partial charge in [0.25, 0.3) is 0 Å². The molecule has 2 fully saturated rings. The van der Waals surface area contributed by atoms with Crippen LogP contribution >= 0.6 is 0 Å². The molecular weight excluding hydrogens is 254 g/mol. The van der Waals surface area contributed by atoms with Crippen molar-refractivity contribution in [2.75, 3.05) is 46.4 Å². The van der Waals surface area contributed by atoms with Crippen LogP contribution in [0.2, 0.25) is 0 Å². The molecule has 2 N–H and O–H groups in total. The molecule has 0 aromatic carbocycles. The number of nitrogens with zero attached hydrogens (tertiary/aromatic N) is 1. The summed E-state index contributed by atoms with van der Waals surface area (Å²) < 4.78 is 5.05. The summed E-state index contributed by atoms with van der Waals surface area (Å²) in [6.45, 7) is 5.70. The first-order valence-corrected chi connectivity index (χ1v) is 8.02. The number of carbonyl (C=O) groups is 1. The smallest absolute Gasteiger partial charge is 0.237 e. The predicted octanol–water partition coefficient (Wildman–Crippen LogP) is 0.603. The predicted molar refractivity (Wildman–Crippen MR) is 79.7 cm³/mol. The van der Waals surface area contributed by atoms with Gasteiger partial charge in [-0.25, -0.2) is 0 Å². The molecule has 5 nitrogen and oxygen atoms in total. The highest BCUT2D eigenvalue weighted by atomic mass is 16.5. The van der Waals surface area contributed by atoms with Gasteiger partial charge in [-0.05, 0) is 51.1 Å². The summed E-state index contributed by atoms with van der Waals surface area (Å²) in [5, 5.41) is 6.50. The second-order valence-electron chi connectivity index (χ2n) is 6.00. The third-order valence-electron chi connectivity index (χ3n) is 4.41. The van der Waals surface area contributed by atoms with Crippen LogP contribution in [0, 0.1) is 5.92 Å². The molecule has 5 heteroatoms. The molecule has 0 aromatic heterocycles. The van der Waals surface area contributed by atoms with E-state index >= 15 is 0 Å². The Labute approximate surface area is 122 Å². The molecule has 0 saturated carbocycles. The summed E-state index contributed by atoms with van der Waals surface area (Å²) >= 11 is 0. The number of amides is 1. The van der Waals surface area contributed by atoms with E-state index < -0.39 is 0 Å². The molecular formula is C15H29N3O2. The molecule has 2 atom stereocenters. The van der Waals surface area contributed by atoms with Crippen molar-refractivity contribution in [2.45, 2.75) is 38.1 Å². The molecule has 0 spiro atoms. The number of piperidine rings is 1. The van der Waals surface area contributed by atoms with Crippen molar-refractivity contribution < 1.29 is 9.53 Å². The fourth-order valence-corrected chi connectivity index (χ4v) is 3.30. The van der Waals surface area contributed by atoms with E-state index in [0.717, 1.165) is 58.6 Å². The third-order valence-corrected chi connectivity index (χ3v) is 4.41. The number of hydrogen-bond acceptors (Lipinski definition) is 4. The Balaban J connectivity index is 1.78. The van der Waals surface area contributed by atoms with Gasteiger partial charge in [-0.3, -0.25) is 9.69 Å². The summed E-state index contributed by atoms with van der Waals surface area (Å²) in [6, 6.07) is 0.110. The van der Waals surface area contributed by atoms with Crippen LogP contribution in [0.3, 0.4) is 0 Å². The van der Waals surface area contributed by atoms with Gasteiger partial charge in [0, 0.05) is 26.7 Å². The number of nitrogens with one attached hydrogen (secondary N) is 2. The molecule has 2 aliphatic rings. The SMILES string of the molecule is COCCNCC1CCCN(C2CCCCNC2=O)C1. The maximum atomic E-state index is 12.1. The summed E-state index contributed by atoms with van der Waals surface area (Å²) in [5.41, 5.74) is 0. The molecule has 0 aromatic rings. The first kappa shape index (κ1) is 15.7. The van der Waals surface area contributed by atoms with Crippen LogP contribution in [0.1, 0.15) is 32.1 Å². The van der Waals surface area contributed by atoms with Gasteiger partial charge in [0.05, 0.1) is 12.6 Å². The molecule has 2 heterocycles. The van der Waals surface area contributed by atoms with Crippen LogP contribution in [0.15, 0.2) is 0 Å². The zero-order chi connectivity index (χ0) is 14.2. The van der Waals surface area contributed by atoms with E-state index in [-0.39, 0.29) is 11.9 Å². The van der Waals surface area contributed by atoms with Gasteiger partial charge in [0.1, 0.15) is 0 Å². The largest absolute Gasteiger partial charge is 0.383 e. The van der Waals surface area contributed by atoms with Crippen LogP contribution in [0.25, 0.3) is 0 Å². The number of rotatable bonds is 6. The van der Waals surface area contributed by atoms with E-state index in [0.29, 0.717) is 5.92 Å². The summed E-state index contributed by atoms with van der Waals surface area (Å²) in [7, 11) is 1.73. The van der Waals surface area contributed by atoms with Crippen molar-refractivity contribution in [2.24, 2.45) is 5.92 Å². The van der Waals surface area contributed by atoms with Crippen molar-refractivity contribution in [3.8, 4) is 0 Å². The molecule has 0 radical (unpaired) electrons. The summed E-state index contributed by atoms with van der Waals surface area (Å²) in [4.78, 5) is 14.5. The van der Waals surface area contributed by atoms with Gasteiger partial charge < -0.3 is 15.4 Å². The second-order valence-corrected chi connectivity index (χ2v) is 6.00. The quantitative estimate of drug-likeness (QED) is 0.701. The van der Waals surface area contributed by atoms with Crippen LogP contribution in [0.4, 0.5) is 0 Å². The fraction of sp³-hybridized carbons (Fsp3) is 0.933. The minimum atomic E-state index is 0.110. The highest BCUT2D eigenvalue weighted by molar-refractivity contribution is 5.81. The van der Waals surface area contributed by atoms with Crippen molar-refractivity contribution in [3.63, 3.8) is 0 Å². The monoisotopic (exact) mass is 283 g/mol. The number of likely N-dealkylation sites (tertiary alicyclic amines) is 1. The summed E-state index contributed by atoms with van der Waals surface area (Å²) in [5.74, 6) is 0.909. The lowest BCUT2D eigenvalue weighted by molar-refractivity contribution is -0.126. The fourth-order valence-electron chi connectivity index (χ4n) is 3.30. The average molecular weight is 283 g/mol. The Morgan fingerprint density at radius 1 is 1.35 bits per heavy atom. The molecule has 0 aliphatic carbocycles. The zero-order valence-electron chi connectivity index (χ0n) is 12.7. The third kappa shape index (κ3) is 4.72. The lowest BCUT2D eigenvalue weighted by atomic mass is 9.95. The topological polar surface area (TPSA) is 53.6 Å². The second kappa shape index (κ2) is 8.60. The van der Waals surface area contributed by atoms with Gasteiger partial charge in [-0.1, -0.05) is 0 Å². The Hall–Kier alpha value is -0.650. The molecule has 1 amide bonds. The van der Waals surface area contributed by atoms with Crippen molar-refractivity contribution >= 4 is 5.91 Å². The highest BCUT2D eigenvalue weighted by Gasteiger charge is 2.30. The average Bonchev–Trinajstić information content (AvgIpc) is 2.69. The van der Waals surface area contributed by atoms with E-state index in [9.17, 15) is 4.79 Å². The van der Waals surface area contributed by atoms with Gasteiger partial charge in [-0.2, -0.15) is 0 Å². The van der Waals surface area contributed by atoms with E-state index in [1.165, 1.54) is 12.8 Å². The Bertz CT molecular complexity index is 299. The molecule has 2 aliphatic heterocycles. The standard InChI is InChI=1S/C15H29N3O2/c1-20-10-8-16-11-13-5-4-9-18(12-13)14-6-2-3-7-17-15(14)19/h13-14,16H,2-12H2,1H3,(H,17,19). The van der Waals surface area contributed by atoms with Crippen LogP contribution in [0.5, 0.6) is 0 Å². The van der Waals surface area contributed by atoms with Crippen LogP contribution < -0.4 is 10.6 Å². The van der Waals surface area contributed by atoms with Crippen LogP contribution in [-0.4, -0.2) is 63.3 Å². The minimum Gasteiger partial charge on any atom is -0.383 e. The number of hydrogen-bond donors (Lipinski definition) is 2.